The lowest BCUT2D eigenvalue weighted by molar-refractivity contribution is -0.136. The number of carbonyl (C=O) groups excluding carboxylic acids is 3. The normalized spacial score (nSPS) is 26.4. The lowest BCUT2D eigenvalue weighted by Gasteiger charge is -2.48. The van der Waals surface area contributed by atoms with Gasteiger partial charge in [-0.15, -0.1) is 0 Å². The van der Waals surface area contributed by atoms with Crippen molar-refractivity contribution < 1.29 is 19.1 Å². The van der Waals surface area contributed by atoms with E-state index < -0.39 is 6.04 Å². The van der Waals surface area contributed by atoms with E-state index in [1.54, 1.807) is 4.90 Å². The van der Waals surface area contributed by atoms with Crippen LogP contribution >= 0.6 is 0 Å². The van der Waals surface area contributed by atoms with Crippen LogP contribution in [0.2, 0.25) is 0 Å². The van der Waals surface area contributed by atoms with Gasteiger partial charge in [0.25, 0.3) is 5.91 Å². The summed E-state index contributed by atoms with van der Waals surface area (Å²) in [5.41, 5.74) is 3.94. The lowest BCUT2D eigenvalue weighted by atomic mass is 9.83. The Balaban J connectivity index is 1.03. The first-order valence-electron chi connectivity index (χ1n) is 13.7. The van der Waals surface area contributed by atoms with Gasteiger partial charge in [-0.05, 0) is 61.1 Å². The molecule has 4 heterocycles. The molecule has 3 aromatic rings. The maximum Gasteiger partial charge on any atom is 0.255 e. The quantitative estimate of drug-likeness (QED) is 0.508. The number of carbonyl (C=O) groups is 3. The highest BCUT2D eigenvalue weighted by Gasteiger charge is 2.41. The summed E-state index contributed by atoms with van der Waals surface area (Å²) in [5, 5.41) is 10.9. The minimum Gasteiger partial charge on any atom is -0.489 e. The first-order chi connectivity index (χ1) is 18.5. The van der Waals surface area contributed by atoms with E-state index in [1.807, 2.05) is 24.4 Å². The largest absolute Gasteiger partial charge is 0.489 e. The minimum atomic E-state index is -0.605. The molecular weight excluding hydrogens is 482 g/mol. The van der Waals surface area contributed by atoms with Gasteiger partial charge in [-0.1, -0.05) is 18.6 Å². The van der Waals surface area contributed by atoms with Crippen LogP contribution < -0.4 is 10.1 Å². The molecule has 38 heavy (non-hydrogen) atoms. The number of aromatic amines is 1. The standard InChI is InChI=1S/C29H31N5O4/c35-27-11-10-25(28(36)31-27)34-16-17-12-19(8-9-21(17)29(34)37)38-26-7-2-1-6-24(26)33-14-18(15-33)20-4-3-5-23-22(20)13-30-32-23/h3-5,8-9,12-13,18,24-26H,1-2,6-7,10-11,14-16H2,(H,30,32)(H,31,35,36)/t24-,25?,26-/m0/s1. The van der Waals surface area contributed by atoms with Crippen LogP contribution in [-0.4, -0.2) is 69.0 Å². The fourth-order valence-electron chi connectivity index (χ4n) is 6.76. The summed E-state index contributed by atoms with van der Waals surface area (Å²) in [6.45, 7) is 2.40. The molecule has 3 fully saturated rings. The smallest absolute Gasteiger partial charge is 0.255 e. The van der Waals surface area contributed by atoms with E-state index in [4.69, 9.17) is 4.74 Å². The molecule has 1 unspecified atom stereocenters. The van der Waals surface area contributed by atoms with Crippen molar-refractivity contribution in [1.82, 2.24) is 25.3 Å². The van der Waals surface area contributed by atoms with Crippen LogP contribution in [0, 0.1) is 0 Å². The maximum atomic E-state index is 13.0. The molecular formula is C29H31N5O4. The molecule has 4 aliphatic rings. The van der Waals surface area contributed by atoms with E-state index >= 15 is 0 Å². The van der Waals surface area contributed by atoms with Crippen LogP contribution in [0.1, 0.15) is 65.9 Å². The predicted molar refractivity (Wildman–Crippen MR) is 140 cm³/mol. The number of H-pyrrole nitrogens is 1. The fourth-order valence-corrected chi connectivity index (χ4v) is 6.76. The zero-order valence-electron chi connectivity index (χ0n) is 21.2. The van der Waals surface area contributed by atoms with E-state index in [2.05, 4.69) is 38.6 Å². The summed E-state index contributed by atoms with van der Waals surface area (Å²) in [6, 6.07) is 11.8. The average molecular weight is 514 g/mol. The summed E-state index contributed by atoms with van der Waals surface area (Å²) in [6.07, 6.45) is 7.16. The van der Waals surface area contributed by atoms with E-state index in [9.17, 15) is 14.4 Å². The number of fused-ring (bicyclic) bond motifs is 2. The van der Waals surface area contributed by atoms with Gasteiger partial charge >= 0.3 is 0 Å². The van der Waals surface area contributed by atoms with Crippen molar-refractivity contribution in [2.45, 2.75) is 69.2 Å². The first kappa shape index (κ1) is 23.4. The summed E-state index contributed by atoms with van der Waals surface area (Å²) < 4.78 is 6.59. The van der Waals surface area contributed by atoms with E-state index in [0.717, 1.165) is 49.2 Å². The third-order valence-electron chi connectivity index (χ3n) is 8.79. The maximum absolute atomic E-state index is 13.0. The molecule has 3 atom stereocenters. The van der Waals surface area contributed by atoms with Crippen molar-refractivity contribution >= 4 is 28.6 Å². The lowest BCUT2D eigenvalue weighted by Crippen LogP contribution is -2.57. The molecule has 9 nitrogen and oxygen atoms in total. The van der Waals surface area contributed by atoms with Gasteiger partial charge in [-0.25, -0.2) is 0 Å². The molecule has 2 aromatic carbocycles. The Morgan fingerprint density at radius 2 is 1.87 bits per heavy atom. The third kappa shape index (κ3) is 3.96. The highest BCUT2D eigenvalue weighted by atomic mass is 16.5. The minimum absolute atomic E-state index is 0.107. The number of imide groups is 1. The van der Waals surface area contributed by atoms with Crippen LogP contribution in [0.15, 0.2) is 42.6 Å². The van der Waals surface area contributed by atoms with Crippen LogP contribution in [-0.2, 0) is 16.1 Å². The van der Waals surface area contributed by atoms with Crippen molar-refractivity contribution in [3.63, 3.8) is 0 Å². The number of amides is 3. The molecule has 0 spiro atoms. The summed E-state index contributed by atoms with van der Waals surface area (Å²) >= 11 is 0. The number of benzene rings is 2. The molecule has 2 N–H and O–H groups in total. The van der Waals surface area contributed by atoms with Gasteiger partial charge in [-0.2, -0.15) is 5.10 Å². The van der Waals surface area contributed by atoms with Gasteiger partial charge < -0.3 is 9.64 Å². The average Bonchev–Trinajstić information content (AvgIpc) is 3.49. The van der Waals surface area contributed by atoms with E-state index in [0.29, 0.717) is 30.5 Å². The number of hydrogen-bond acceptors (Lipinski definition) is 6. The van der Waals surface area contributed by atoms with Crippen molar-refractivity contribution in [3.05, 3.63) is 59.3 Å². The number of nitrogens with one attached hydrogen (secondary N) is 2. The Labute approximate surface area is 220 Å². The monoisotopic (exact) mass is 513 g/mol. The molecule has 1 saturated carbocycles. The van der Waals surface area contributed by atoms with Crippen LogP contribution in [0.4, 0.5) is 0 Å². The third-order valence-corrected chi connectivity index (χ3v) is 8.79. The molecule has 1 aromatic heterocycles. The zero-order valence-corrected chi connectivity index (χ0v) is 21.2. The Morgan fingerprint density at radius 1 is 1.00 bits per heavy atom. The van der Waals surface area contributed by atoms with Gasteiger partial charge in [0.2, 0.25) is 11.8 Å². The van der Waals surface area contributed by atoms with Crippen molar-refractivity contribution in [2.75, 3.05) is 13.1 Å². The van der Waals surface area contributed by atoms with Crippen molar-refractivity contribution in [3.8, 4) is 5.75 Å². The van der Waals surface area contributed by atoms with Gasteiger partial charge in [0.05, 0.1) is 11.7 Å². The molecule has 196 valence electrons. The summed E-state index contributed by atoms with van der Waals surface area (Å²) in [7, 11) is 0. The molecule has 2 saturated heterocycles. The van der Waals surface area contributed by atoms with Crippen LogP contribution in [0.5, 0.6) is 5.75 Å². The van der Waals surface area contributed by atoms with E-state index in [-0.39, 0.29) is 30.2 Å². The van der Waals surface area contributed by atoms with Crippen LogP contribution in [0.3, 0.4) is 0 Å². The number of aromatic nitrogens is 2. The predicted octanol–water partition coefficient (Wildman–Crippen LogP) is 3.11. The second kappa shape index (κ2) is 9.23. The highest BCUT2D eigenvalue weighted by molar-refractivity contribution is 6.05. The number of likely N-dealkylation sites (tertiary alicyclic amines) is 1. The van der Waals surface area contributed by atoms with Gasteiger partial charge in [-0.3, -0.25) is 29.7 Å². The fraction of sp³-hybridized carbons (Fsp3) is 0.448. The van der Waals surface area contributed by atoms with Gasteiger partial charge in [0.1, 0.15) is 17.9 Å². The second-order valence-corrected chi connectivity index (χ2v) is 11.1. The number of ether oxygens (including phenoxy) is 1. The SMILES string of the molecule is O=C1CCC(N2Cc3cc(O[C@H]4CCCC[C@@H]4N4CC(c5cccc6[nH]ncc56)C4)ccc3C2=O)C(=O)N1. The summed E-state index contributed by atoms with van der Waals surface area (Å²) in [5.74, 6) is 0.457. The van der Waals surface area contributed by atoms with Crippen LogP contribution in [0.25, 0.3) is 10.9 Å². The zero-order chi connectivity index (χ0) is 25.8. The molecule has 0 bridgehead atoms. The Hall–Kier alpha value is -3.72. The van der Waals surface area contributed by atoms with Crippen molar-refractivity contribution in [1.29, 1.82) is 0 Å². The number of nitrogens with zero attached hydrogens (tertiary/aromatic N) is 3. The molecule has 0 radical (unpaired) electrons. The van der Waals surface area contributed by atoms with Gasteiger partial charge in [0, 0.05) is 49.0 Å². The van der Waals surface area contributed by atoms with E-state index in [1.165, 1.54) is 17.4 Å². The Kier molecular flexibility index (Phi) is 5.69. The molecule has 1 aliphatic carbocycles. The molecule has 7 rings (SSSR count). The second-order valence-electron chi connectivity index (χ2n) is 11.1. The number of hydrogen-bond donors (Lipinski definition) is 2. The highest BCUT2D eigenvalue weighted by Crippen LogP contribution is 2.38. The van der Waals surface area contributed by atoms with Gasteiger partial charge in [0.15, 0.2) is 0 Å². The number of piperidine rings is 1. The number of rotatable bonds is 5. The Morgan fingerprint density at radius 3 is 2.74 bits per heavy atom. The van der Waals surface area contributed by atoms with Crippen molar-refractivity contribution in [2.24, 2.45) is 0 Å². The summed E-state index contributed by atoms with van der Waals surface area (Å²) in [4.78, 5) is 41.1. The first-order valence-corrected chi connectivity index (χ1v) is 13.7. The topological polar surface area (TPSA) is 108 Å². The Bertz CT molecular complexity index is 1430. The molecule has 3 aliphatic heterocycles. The molecule has 9 heteroatoms. The molecule has 3 amide bonds.